The van der Waals surface area contributed by atoms with Crippen molar-refractivity contribution in [2.24, 2.45) is 16.0 Å². The molecule has 10 heteroatoms. The molecule has 0 aliphatic carbocycles. The van der Waals surface area contributed by atoms with Gasteiger partial charge < -0.3 is 10.5 Å². The molecule has 0 saturated carbocycles. The average molecular weight is 438 g/mol. The van der Waals surface area contributed by atoms with Gasteiger partial charge in [-0.25, -0.2) is 8.78 Å². The second kappa shape index (κ2) is 10.3. The number of primary amides is 1. The molecule has 2 N–H and O–H groups in total. The molecular weight excluding hydrogens is 418 g/mol. The molecule has 32 heavy (non-hydrogen) atoms. The zero-order valence-electron chi connectivity index (χ0n) is 17.4. The number of halogens is 2. The fourth-order valence-corrected chi connectivity index (χ4v) is 2.76. The van der Waals surface area contributed by atoms with Gasteiger partial charge in [-0.2, -0.15) is 10.2 Å². The first-order chi connectivity index (χ1) is 15.4. The van der Waals surface area contributed by atoms with Gasteiger partial charge in [0.2, 0.25) is 11.8 Å². The Kier molecular flexibility index (Phi) is 7.27. The van der Waals surface area contributed by atoms with Crippen LogP contribution in [0.3, 0.4) is 0 Å². The van der Waals surface area contributed by atoms with Crippen LogP contribution >= 0.6 is 0 Å². The van der Waals surface area contributed by atoms with Gasteiger partial charge in [-0.3, -0.25) is 9.78 Å². The minimum atomic E-state index is -2.60. The van der Waals surface area contributed by atoms with Crippen molar-refractivity contribution in [3.63, 3.8) is 0 Å². The lowest BCUT2D eigenvalue weighted by Crippen LogP contribution is -2.10. The Hall–Kier alpha value is -4.08. The highest BCUT2D eigenvalue weighted by atomic mass is 19.3. The Labute approximate surface area is 182 Å². The molecule has 164 valence electrons. The number of rotatable bonds is 8. The summed E-state index contributed by atoms with van der Waals surface area (Å²) >= 11 is 0. The predicted molar refractivity (Wildman–Crippen MR) is 114 cm³/mol. The van der Waals surface area contributed by atoms with Crippen molar-refractivity contribution in [1.82, 2.24) is 15.2 Å². The molecule has 0 fully saturated rings. The molecule has 2 aromatic heterocycles. The van der Waals surface area contributed by atoms with E-state index in [0.29, 0.717) is 33.8 Å². The number of hydrogen-bond donors (Lipinski definition) is 1. The number of carbonyl (C=O) groups is 1. The highest BCUT2D eigenvalue weighted by Crippen LogP contribution is 2.24. The van der Waals surface area contributed by atoms with Crippen molar-refractivity contribution < 1.29 is 18.3 Å². The molecule has 0 radical (unpaired) electrons. The zero-order chi connectivity index (χ0) is 23.1. The van der Waals surface area contributed by atoms with Gasteiger partial charge in [0, 0.05) is 36.0 Å². The lowest BCUT2D eigenvalue weighted by molar-refractivity contribution is 0.1000. The van der Waals surface area contributed by atoms with E-state index in [0.717, 1.165) is 6.20 Å². The number of alkyl halides is 2. The van der Waals surface area contributed by atoms with Gasteiger partial charge in [-0.1, -0.05) is 12.1 Å². The number of amides is 1. The molecule has 8 nitrogen and oxygen atoms in total. The summed E-state index contributed by atoms with van der Waals surface area (Å²) in [6, 6.07) is 12.9. The Bertz CT molecular complexity index is 1150. The van der Waals surface area contributed by atoms with Crippen molar-refractivity contribution >= 4 is 11.6 Å². The molecule has 0 bridgehead atoms. The molecule has 3 rings (SSSR count). The van der Waals surface area contributed by atoms with Crippen molar-refractivity contribution in [2.45, 2.75) is 13.3 Å². The largest absolute Gasteiger partial charge is 0.472 e. The van der Waals surface area contributed by atoms with Crippen LogP contribution in [0.5, 0.6) is 5.88 Å². The van der Waals surface area contributed by atoms with E-state index in [1.807, 2.05) is 0 Å². The van der Waals surface area contributed by atoms with Crippen LogP contribution in [0.15, 0.2) is 70.5 Å². The second-order valence-corrected chi connectivity index (χ2v) is 6.70. The molecule has 1 aromatic carbocycles. The molecular formula is C22H20F2N6O2. The maximum atomic E-state index is 12.8. The van der Waals surface area contributed by atoms with Crippen molar-refractivity contribution in [1.29, 1.82) is 0 Å². The van der Waals surface area contributed by atoms with Gasteiger partial charge in [0.05, 0.1) is 11.4 Å². The van der Waals surface area contributed by atoms with E-state index in [1.165, 1.54) is 19.2 Å². The third kappa shape index (κ3) is 5.54. The zero-order valence-corrected chi connectivity index (χ0v) is 17.4. The summed E-state index contributed by atoms with van der Waals surface area (Å²) in [7, 11) is 1.50. The van der Waals surface area contributed by atoms with Crippen LogP contribution in [-0.2, 0) is 0 Å². The lowest BCUT2D eigenvalue weighted by Gasteiger charge is -2.09. The molecule has 0 unspecified atom stereocenters. The Balaban J connectivity index is 1.74. The third-order valence-corrected chi connectivity index (χ3v) is 4.40. The molecule has 0 aliphatic rings. The minimum Gasteiger partial charge on any atom is -0.472 e. The summed E-state index contributed by atoms with van der Waals surface area (Å²) in [4.78, 5) is 15.4. The standard InChI is InChI=1S/C22H20F2N6O2/c1-13(20(30-26-2)18-7-6-16(11-27-18)21(23)24)12-32-19-9-8-17(28-29-19)14-4-3-5-15(10-14)22(25)31/h3-11,21H,12H2,1-2H3,(H2,25,31)/b20-13+,30-26?. The number of ether oxygens (including phenoxy) is 1. The van der Waals surface area contributed by atoms with Gasteiger partial charge in [0.25, 0.3) is 6.43 Å². The highest BCUT2D eigenvalue weighted by molar-refractivity contribution is 5.93. The fourth-order valence-electron chi connectivity index (χ4n) is 2.76. The van der Waals surface area contributed by atoms with E-state index in [1.54, 1.807) is 43.3 Å². The topological polar surface area (TPSA) is 116 Å². The quantitative estimate of drug-likeness (QED) is 0.521. The number of aromatic nitrogens is 3. The minimum absolute atomic E-state index is 0.109. The smallest absolute Gasteiger partial charge is 0.265 e. The normalized spacial score (nSPS) is 12.2. The molecule has 1 amide bonds. The van der Waals surface area contributed by atoms with Gasteiger partial charge in [0.1, 0.15) is 12.3 Å². The van der Waals surface area contributed by atoms with E-state index < -0.39 is 12.3 Å². The van der Waals surface area contributed by atoms with Crippen LogP contribution in [0, 0.1) is 0 Å². The molecule has 0 atom stereocenters. The van der Waals surface area contributed by atoms with Crippen molar-refractivity contribution in [2.75, 3.05) is 13.7 Å². The van der Waals surface area contributed by atoms with Crippen molar-refractivity contribution in [3.05, 3.63) is 77.1 Å². The fraction of sp³-hybridized carbons (Fsp3) is 0.182. The van der Waals surface area contributed by atoms with Gasteiger partial charge in [-0.05, 0) is 42.8 Å². The van der Waals surface area contributed by atoms with Gasteiger partial charge >= 0.3 is 0 Å². The van der Waals surface area contributed by atoms with Crippen LogP contribution < -0.4 is 10.5 Å². The first-order valence-corrected chi connectivity index (χ1v) is 9.50. The molecule has 0 spiro atoms. The SMILES string of the molecule is CN=N/C(=C(\C)COc1ccc(-c2cccc(C(N)=O)c2)nn1)c1ccc(C(F)F)cn1. The van der Waals surface area contributed by atoms with Crippen LogP contribution in [0.4, 0.5) is 8.78 Å². The summed E-state index contributed by atoms with van der Waals surface area (Å²) in [5.41, 5.74) is 8.25. The number of benzene rings is 1. The van der Waals surface area contributed by atoms with Gasteiger partial charge in [-0.15, -0.1) is 10.2 Å². The number of nitrogens with two attached hydrogens (primary N) is 1. The van der Waals surface area contributed by atoms with E-state index in [2.05, 4.69) is 25.4 Å². The Morgan fingerprint density at radius 1 is 1.16 bits per heavy atom. The van der Waals surface area contributed by atoms with Gasteiger partial charge in [0.15, 0.2) is 0 Å². The lowest BCUT2D eigenvalue weighted by atomic mass is 10.1. The maximum Gasteiger partial charge on any atom is 0.265 e. The van der Waals surface area contributed by atoms with Crippen LogP contribution in [0.1, 0.15) is 35.0 Å². The number of carbonyl (C=O) groups excluding carboxylic acids is 1. The summed E-state index contributed by atoms with van der Waals surface area (Å²) in [5, 5.41) is 16.0. The van der Waals surface area contributed by atoms with Crippen molar-refractivity contribution in [3.8, 4) is 17.1 Å². The van der Waals surface area contributed by atoms with E-state index in [4.69, 9.17) is 10.5 Å². The first-order valence-electron chi connectivity index (χ1n) is 9.50. The predicted octanol–water partition coefficient (Wildman–Crippen LogP) is 4.47. The summed E-state index contributed by atoms with van der Waals surface area (Å²) in [6.45, 7) is 1.88. The molecule has 2 heterocycles. The van der Waals surface area contributed by atoms with Crippen LogP contribution in [0.25, 0.3) is 17.0 Å². The third-order valence-electron chi connectivity index (χ3n) is 4.40. The highest BCUT2D eigenvalue weighted by Gasteiger charge is 2.12. The Morgan fingerprint density at radius 2 is 1.97 bits per heavy atom. The summed E-state index contributed by atoms with van der Waals surface area (Å²) in [6.07, 6.45) is -1.49. The number of pyridine rings is 1. The number of hydrogen-bond acceptors (Lipinski definition) is 7. The van der Waals surface area contributed by atoms with E-state index in [-0.39, 0.29) is 18.1 Å². The molecule has 0 aliphatic heterocycles. The first kappa shape index (κ1) is 22.6. The molecule has 0 saturated heterocycles. The van der Waals surface area contributed by atoms with E-state index in [9.17, 15) is 13.6 Å². The maximum absolute atomic E-state index is 12.8. The van der Waals surface area contributed by atoms with Crippen LogP contribution in [0.2, 0.25) is 0 Å². The van der Waals surface area contributed by atoms with E-state index >= 15 is 0 Å². The average Bonchev–Trinajstić information content (AvgIpc) is 2.81. The Morgan fingerprint density at radius 3 is 2.56 bits per heavy atom. The summed E-state index contributed by atoms with van der Waals surface area (Å²) in [5.74, 6) is -0.256. The number of azo groups is 1. The van der Waals surface area contributed by atoms with Crippen LogP contribution in [-0.4, -0.2) is 34.7 Å². The second-order valence-electron chi connectivity index (χ2n) is 6.70. The number of nitrogens with zero attached hydrogens (tertiary/aromatic N) is 5. The monoisotopic (exact) mass is 438 g/mol. The summed E-state index contributed by atoms with van der Waals surface area (Å²) < 4.78 is 31.2. The molecule has 3 aromatic rings.